The van der Waals surface area contributed by atoms with E-state index >= 15 is 0 Å². The monoisotopic (exact) mass is 378 g/mol. The Labute approximate surface area is 166 Å². The van der Waals surface area contributed by atoms with E-state index in [-0.39, 0.29) is 0 Å². The van der Waals surface area contributed by atoms with Gasteiger partial charge >= 0.3 is 0 Å². The van der Waals surface area contributed by atoms with E-state index in [9.17, 15) is 0 Å². The van der Waals surface area contributed by atoms with Gasteiger partial charge in [-0.3, -0.25) is 0 Å². The molecule has 146 valence electrons. The average Bonchev–Trinajstić information content (AvgIpc) is 2.73. The lowest BCUT2D eigenvalue weighted by Gasteiger charge is -2.23. The van der Waals surface area contributed by atoms with Crippen LogP contribution >= 0.6 is 0 Å². The summed E-state index contributed by atoms with van der Waals surface area (Å²) in [6.45, 7) is 6.02. The molecule has 0 bridgehead atoms. The van der Waals surface area contributed by atoms with Crippen LogP contribution in [0.25, 0.3) is 0 Å². The van der Waals surface area contributed by atoms with Gasteiger partial charge in [-0.05, 0) is 50.2 Å². The largest absolute Gasteiger partial charge is 0.497 e. The van der Waals surface area contributed by atoms with Gasteiger partial charge in [0.25, 0.3) is 0 Å². The van der Waals surface area contributed by atoms with Crippen molar-refractivity contribution in [3.63, 3.8) is 0 Å². The van der Waals surface area contributed by atoms with E-state index in [1.54, 1.807) is 7.11 Å². The molecule has 0 radical (unpaired) electrons. The van der Waals surface area contributed by atoms with Gasteiger partial charge in [-0.2, -0.15) is 4.98 Å². The first-order valence-corrected chi connectivity index (χ1v) is 9.38. The van der Waals surface area contributed by atoms with Gasteiger partial charge in [0.15, 0.2) is 0 Å². The highest BCUT2D eigenvalue weighted by Crippen LogP contribution is 2.24. The van der Waals surface area contributed by atoms with Crippen molar-refractivity contribution in [2.45, 2.75) is 13.8 Å². The molecule has 6 nitrogen and oxygen atoms in total. The van der Waals surface area contributed by atoms with E-state index in [0.717, 1.165) is 35.2 Å². The van der Waals surface area contributed by atoms with Crippen LogP contribution in [0.5, 0.6) is 11.5 Å². The van der Waals surface area contributed by atoms with E-state index in [4.69, 9.17) is 9.47 Å². The molecular formula is C22H26N4O2. The first kappa shape index (κ1) is 19.5. The highest BCUT2D eigenvalue weighted by molar-refractivity contribution is 5.61. The third kappa shape index (κ3) is 5.13. The normalized spacial score (nSPS) is 10.4. The number of benzene rings is 2. The Balaban J connectivity index is 1.61. The van der Waals surface area contributed by atoms with Crippen molar-refractivity contribution < 1.29 is 9.47 Å². The molecule has 1 aromatic heterocycles. The standard InChI is InChI=1S/C22H26N4O2/c1-4-26(18-8-6-5-7-9-18)21-16-17(2)24-22(25-21)23-14-15-28-20-12-10-19(27-3)11-13-20/h5-13,16H,4,14-15H2,1-3H3,(H,23,24,25). The van der Waals surface area contributed by atoms with Gasteiger partial charge in [0.05, 0.1) is 13.7 Å². The van der Waals surface area contributed by atoms with E-state index in [2.05, 4.69) is 39.2 Å². The number of rotatable bonds is 9. The molecule has 1 heterocycles. The van der Waals surface area contributed by atoms with Crippen LogP contribution < -0.4 is 19.7 Å². The second kappa shape index (κ2) is 9.60. The van der Waals surface area contributed by atoms with Gasteiger partial charge in [0.2, 0.25) is 5.95 Å². The highest BCUT2D eigenvalue weighted by atomic mass is 16.5. The number of hydrogen-bond donors (Lipinski definition) is 1. The first-order chi connectivity index (χ1) is 13.7. The van der Waals surface area contributed by atoms with Crippen molar-refractivity contribution >= 4 is 17.5 Å². The predicted molar refractivity (Wildman–Crippen MR) is 113 cm³/mol. The summed E-state index contributed by atoms with van der Waals surface area (Å²) < 4.78 is 10.9. The Bertz CT molecular complexity index is 869. The van der Waals surface area contributed by atoms with Crippen LogP contribution in [0.3, 0.4) is 0 Å². The van der Waals surface area contributed by atoms with Crippen LogP contribution in [0, 0.1) is 6.92 Å². The van der Waals surface area contributed by atoms with Crippen LogP contribution in [0.2, 0.25) is 0 Å². The molecule has 0 amide bonds. The first-order valence-electron chi connectivity index (χ1n) is 9.38. The number of methoxy groups -OCH3 is 1. The molecule has 0 fully saturated rings. The summed E-state index contributed by atoms with van der Waals surface area (Å²) in [6, 6.07) is 19.8. The van der Waals surface area contributed by atoms with Gasteiger partial charge in [-0.15, -0.1) is 0 Å². The summed E-state index contributed by atoms with van der Waals surface area (Å²) in [5.41, 5.74) is 2.02. The maximum Gasteiger partial charge on any atom is 0.224 e. The molecule has 0 aliphatic rings. The Hall–Kier alpha value is -3.28. The van der Waals surface area contributed by atoms with Crippen molar-refractivity contribution in [2.24, 2.45) is 0 Å². The Kier molecular flexibility index (Phi) is 6.68. The second-order valence-electron chi connectivity index (χ2n) is 6.22. The van der Waals surface area contributed by atoms with E-state index in [1.807, 2.05) is 55.5 Å². The number of hydrogen-bond acceptors (Lipinski definition) is 6. The topological polar surface area (TPSA) is 59.5 Å². The zero-order valence-corrected chi connectivity index (χ0v) is 16.6. The molecule has 0 saturated carbocycles. The van der Waals surface area contributed by atoms with Gasteiger partial charge in [-0.1, -0.05) is 18.2 Å². The molecule has 0 atom stereocenters. The van der Waals surface area contributed by atoms with Gasteiger partial charge in [-0.25, -0.2) is 4.98 Å². The summed E-state index contributed by atoms with van der Waals surface area (Å²) in [5, 5.41) is 3.25. The lowest BCUT2D eigenvalue weighted by Crippen LogP contribution is -2.19. The van der Waals surface area contributed by atoms with Crippen LogP contribution in [-0.2, 0) is 0 Å². The summed E-state index contributed by atoms with van der Waals surface area (Å²) in [4.78, 5) is 11.3. The van der Waals surface area contributed by atoms with E-state index < -0.39 is 0 Å². The highest BCUT2D eigenvalue weighted by Gasteiger charge is 2.11. The number of aryl methyl sites for hydroxylation is 1. The smallest absolute Gasteiger partial charge is 0.224 e. The quantitative estimate of drug-likeness (QED) is 0.556. The third-order valence-corrected chi connectivity index (χ3v) is 4.21. The molecular weight excluding hydrogens is 352 g/mol. The van der Waals surface area contributed by atoms with Crippen molar-refractivity contribution in [1.82, 2.24) is 9.97 Å². The molecule has 1 N–H and O–H groups in total. The minimum absolute atomic E-state index is 0.509. The molecule has 0 saturated heterocycles. The molecule has 6 heteroatoms. The lowest BCUT2D eigenvalue weighted by molar-refractivity contribution is 0.331. The summed E-state index contributed by atoms with van der Waals surface area (Å²) in [6.07, 6.45) is 0. The zero-order valence-electron chi connectivity index (χ0n) is 16.6. The summed E-state index contributed by atoms with van der Waals surface area (Å²) in [5.74, 6) is 3.09. The Morgan fingerprint density at radius 1 is 0.964 bits per heavy atom. The average molecular weight is 378 g/mol. The predicted octanol–water partition coefficient (Wildman–Crippen LogP) is 4.44. The minimum Gasteiger partial charge on any atom is -0.497 e. The fourth-order valence-electron chi connectivity index (χ4n) is 2.86. The molecule has 0 unspecified atom stereocenters. The van der Waals surface area contributed by atoms with Gasteiger partial charge in [0, 0.05) is 24.0 Å². The van der Waals surface area contributed by atoms with Gasteiger partial charge < -0.3 is 19.7 Å². The number of para-hydroxylation sites is 1. The Morgan fingerprint density at radius 3 is 2.36 bits per heavy atom. The van der Waals surface area contributed by atoms with Crippen LogP contribution in [0.1, 0.15) is 12.6 Å². The van der Waals surface area contributed by atoms with Crippen molar-refractivity contribution in [1.29, 1.82) is 0 Å². The maximum atomic E-state index is 5.74. The summed E-state index contributed by atoms with van der Waals surface area (Å²) >= 11 is 0. The SMILES string of the molecule is CCN(c1ccccc1)c1cc(C)nc(NCCOc2ccc(OC)cc2)n1. The molecule has 3 rings (SSSR count). The molecule has 3 aromatic rings. The molecule has 0 aliphatic heterocycles. The maximum absolute atomic E-state index is 5.74. The van der Waals surface area contributed by atoms with Crippen molar-refractivity contribution in [3.05, 3.63) is 66.4 Å². The fourth-order valence-corrected chi connectivity index (χ4v) is 2.86. The van der Waals surface area contributed by atoms with Crippen LogP contribution in [-0.4, -0.2) is 36.8 Å². The number of nitrogens with one attached hydrogen (secondary N) is 1. The number of aromatic nitrogens is 2. The minimum atomic E-state index is 0.509. The number of nitrogens with zero attached hydrogens (tertiary/aromatic N) is 3. The summed E-state index contributed by atoms with van der Waals surface area (Å²) in [7, 11) is 1.65. The zero-order chi connectivity index (χ0) is 19.8. The van der Waals surface area contributed by atoms with Crippen molar-refractivity contribution in [2.75, 3.05) is 37.0 Å². The number of ether oxygens (including phenoxy) is 2. The number of anilines is 3. The molecule has 28 heavy (non-hydrogen) atoms. The van der Waals surface area contributed by atoms with E-state index in [1.165, 1.54) is 0 Å². The fraction of sp³-hybridized carbons (Fsp3) is 0.273. The van der Waals surface area contributed by atoms with Crippen LogP contribution in [0.4, 0.5) is 17.5 Å². The molecule has 0 spiro atoms. The molecule has 2 aromatic carbocycles. The van der Waals surface area contributed by atoms with Crippen LogP contribution in [0.15, 0.2) is 60.7 Å². The second-order valence-corrected chi connectivity index (χ2v) is 6.22. The van der Waals surface area contributed by atoms with Gasteiger partial charge in [0.1, 0.15) is 23.9 Å². The Morgan fingerprint density at radius 2 is 1.68 bits per heavy atom. The molecule has 0 aliphatic carbocycles. The van der Waals surface area contributed by atoms with E-state index in [0.29, 0.717) is 19.1 Å². The van der Waals surface area contributed by atoms with Crippen molar-refractivity contribution in [3.8, 4) is 11.5 Å². The third-order valence-electron chi connectivity index (χ3n) is 4.21. The lowest BCUT2D eigenvalue weighted by atomic mass is 10.2.